The molecule has 1 saturated heterocycles. The zero-order chi connectivity index (χ0) is 22.0. The summed E-state index contributed by atoms with van der Waals surface area (Å²) in [6.07, 6.45) is 0. The molecular formula is C22H23N5O4. The Labute approximate surface area is 179 Å². The van der Waals surface area contributed by atoms with Gasteiger partial charge in [-0.1, -0.05) is 30.3 Å². The predicted octanol–water partition coefficient (Wildman–Crippen LogP) is 1.40. The summed E-state index contributed by atoms with van der Waals surface area (Å²) >= 11 is 0. The number of anilines is 1. The van der Waals surface area contributed by atoms with Crippen molar-refractivity contribution < 1.29 is 19.1 Å². The van der Waals surface area contributed by atoms with Crippen LogP contribution in [-0.4, -0.2) is 65.5 Å². The topological polar surface area (TPSA) is 106 Å². The molecule has 1 aliphatic rings. The molecule has 0 bridgehead atoms. The number of methoxy groups -OCH3 is 1. The average Bonchev–Trinajstić information content (AvgIpc) is 3.10. The van der Waals surface area contributed by atoms with Gasteiger partial charge in [0.1, 0.15) is 12.4 Å². The number of carbonyl (C=O) groups excluding carboxylic acids is 3. The molecule has 0 radical (unpaired) electrons. The molecule has 31 heavy (non-hydrogen) atoms. The maximum Gasteiger partial charge on any atom is 0.254 e. The van der Waals surface area contributed by atoms with E-state index in [0.717, 1.165) is 5.56 Å². The van der Waals surface area contributed by atoms with Crippen molar-refractivity contribution in [3.63, 3.8) is 0 Å². The Hall–Kier alpha value is -3.72. The van der Waals surface area contributed by atoms with Crippen molar-refractivity contribution in [1.29, 1.82) is 0 Å². The van der Waals surface area contributed by atoms with E-state index in [1.165, 1.54) is 12.0 Å². The van der Waals surface area contributed by atoms with Crippen molar-refractivity contribution in [1.82, 2.24) is 19.8 Å². The molecule has 1 aromatic heterocycles. The van der Waals surface area contributed by atoms with Gasteiger partial charge in [-0.05, 0) is 12.1 Å². The van der Waals surface area contributed by atoms with Crippen LogP contribution in [0.2, 0.25) is 0 Å². The van der Waals surface area contributed by atoms with Crippen LogP contribution in [0.5, 0.6) is 0 Å². The molecule has 1 fully saturated rings. The van der Waals surface area contributed by atoms with Gasteiger partial charge in [0.15, 0.2) is 0 Å². The van der Waals surface area contributed by atoms with Gasteiger partial charge in [-0.2, -0.15) is 0 Å². The molecule has 160 valence electrons. The minimum Gasteiger partial charge on any atom is -0.375 e. The maximum absolute atomic E-state index is 13.1. The molecule has 9 heteroatoms. The van der Waals surface area contributed by atoms with E-state index in [-0.39, 0.29) is 30.9 Å². The van der Waals surface area contributed by atoms with Crippen molar-refractivity contribution in [3.8, 4) is 11.4 Å². The van der Waals surface area contributed by atoms with Gasteiger partial charge in [0, 0.05) is 38.4 Å². The molecule has 2 aromatic carbocycles. The second-order valence-electron chi connectivity index (χ2n) is 7.31. The van der Waals surface area contributed by atoms with Crippen LogP contribution in [0.4, 0.5) is 5.69 Å². The van der Waals surface area contributed by atoms with Gasteiger partial charge >= 0.3 is 0 Å². The third-order valence-electron chi connectivity index (χ3n) is 5.12. The van der Waals surface area contributed by atoms with Gasteiger partial charge in [0.2, 0.25) is 11.8 Å². The number of aryl methyl sites for hydroxylation is 1. The van der Waals surface area contributed by atoms with Crippen LogP contribution in [0.25, 0.3) is 22.4 Å². The SMILES string of the molecule is COCC(=O)Nc1cc(C(=O)N2CCNC(=O)C2)cc2nc(-c3ccccc3)n(C)c12. The number of aromatic nitrogens is 2. The summed E-state index contributed by atoms with van der Waals surface area (Å²) in [7, 11) is 3.30. The van der Waals surface area contributed by atoms with E-state index in [1.807, 2.05) is 41.9 Å². The van der Waals surface area contributed by atoms with Crippen LogP contribution < -0.4 is 10.6 Å². The number of amides is 3. The Morgan fingerprint density at radius 1 is 1.23 bits per heavy atom. The van der Waals surface area contributed by atoms with Gasteiger partial charge in [-0.25, -0.2) is 4.98 Å². The minimum absolute atomic E-state index is 0.000277. The van der Waals surface area contributed by atoms with Crippen LogP contribution in [0.3, 0.4) is 0 Å². The fourth-order valence-electron chi connectivity index (χ4n) is 3.73. The fraction of sp³-hybridized carbons (Fsp3) is 0.273. The van der Waals surface area contributed by atoms with Crippen molar-refractivity contribution in [3.05, 3.63) is 48.0 Å². The van der Waals surface area contributed by atoms with E-state index in [2.05, 4.69) is 10.6 Å². The lowest BCUT2D eigenvalue weighted by Crippen LogP contribution is -2.49. The van der Waals surface area contributed by atoms with Crippen molar-refractivity contribution in [2.75, 3.05) is 38.7 Å². The first-order valence-corrected chi connectivity index (χ1v) is 9.88. The molecule has 2 N–H and O–H groups in total. The first-order valence-electron chi connectivity index (χ1n) is 9.88. The number of carbonyl (C=O) groups is 3. The molecule has 0 aliphatic carbocycles. The predicted molar refractivity (Wildman–Crippen MR) is 116 cm³/mol. The van der Waals surface area contributed by atoms with Gasteiger partial charge in [0.05, 0.1) is 23.3 Å². The Kier molecular flexibility index (Phi) is 5.68. The highest BCUT2D eigenvalue weighted by Gasteiger charge is 2.25. The summed E-state index contributed by atoms with van der Waals surface area (Å²) in [5.41, 5.74) is 2.99. The number of rotatable bonds is 5. The zero-order valence-electron chi connectivity index (χ0n) is 17.3. The van der Waals surface area contributed by atoms with E-state index in [1.54, 1.807) is 12.1 Å². The summed E-state index contributed by atoms with van der Waals surface area (Å²) in [5.74, 6) is -0.114. The molecule has 2 heterocycles. The van der Waals surface area contributed by atoms with Crippen LogP contribution in [0.15, 0.2) is 42.5 Å². The molecule has 0 spiro atoms. The Morgan fingerprint density at radius 2 is 2.00 bits per heavy atom. The lowest BCUT2D eigenvalue weighted by Gasteiger charge is -2.26. The summed E-state index contributed by atoms with van der Waals surface area (Å²) in [5, 5.41) is 5.53. The number of nitrogens with one attached hydrogen (secondary N) is 2. The highest BCUT2D eigenvalue weighted by molar-refractivity contribution is 6.06. The average molecular weight is 421 g/mol. The van der Waals surface area contributed by atoms with Gasteiger partial charge < -0.3 is 24.8 Å². The van der Waals surface area contributed by atoms with E-state index < -0.39 is 0 Å². The van der Waals surface area contributed by atoms with Crippen molar-refractivity contribution in [2.24, 2.45) is 7.05 Å². The first-order chi connectivity index (χ1) is 15.0. The summed E-state index contributed by atoms with van der Waals surface area (Å²) in [4.78, 5) is 43.3. The number of hydrogen-bond donors (Lipinski definition) is 2. The lowest BCUT2D eigenvalue weighted by molar-refractivity contribution is -0.123. The molecule has 0 unspecified atom stereocenters. The normalized spacial score (nSPS) is 13.9. The molecular weight excluding hydrogens is 398 g/mol. The van der Waals surface area contributed by atoms with E-state index >= 15 is 0 Å². The molecule has 3 amide bonds. The number of hydrogen-bond acceptors (Lipinski definition) is 5. The zero-order valence-corrected chi connectivity index (χ0v) is 17.3. The Balaban J connectivity index is 1.82. The standard InChI is InChI=1S/C22H23N5O4/c1-26-20-16(24-19(29)13-31-2)10-15(22(30)27-9-8-23-18(28)12-27)11-17(20)25-21(26)14-6-4-3-5-7-14/h3-7,10-11H,8-9,12-13H2,1-2H3,(H,23,28)(H,24,29). The summed E-state index contributed by atoms with van der Waals surface area (Å²) < 4.78 is 6.81. The van der Waals surface area contributed by atoms with Crippen LogP contribution in [-0.2, 0) is 21.4 Å². The first kappa shape index (κ1) is 20.5. The van der Waals surface area contributed by atoms with Gasteiger partial charge in [0.25, 0.3) is 5.91 Å². The van der Waals surface area contributed by atoms with Crippen LogP contribution in [0.1, 0.15) is 10.4 Å². The second kappa shape index (κ2) is 8.57. The number of benzene rings is 2. The molecule has 3 aromatic rings. The Bertz CT molecular complexity index is 1160. The number of ether oxygens (including phenoxy) is 1. The summed E-state index contributed by atoms with van der Waals surface area (Å²) in [6, 6.07) is 13.0. The number of imidazole rings is 1. The molecule has 9 nitrogen and oxygen atoms in total. The molecule has 0 saturated carbocycles. The lowest BCUT2D eigenvalue weighted by atomic mass is 10.1. The molecule has 1 aliphatic heterocycles. The third kappa shape index (κ3) is 4.13. The van der Waals surface area contributed by atoms with Gasteiger partial charge in [-0.3, -0.25) is 14.4 Å². The number of fused-ring (bicyclic) bond motifs is 1. The third-order valence-corrected chi connectivity index (χ3v) is 5.12. The smallest absolute Gasteiger partial charge is 0.254 e. The van der Waals surface area contributed by atoms with E-state index in [4.69, 9.17) is 9.72 Å². The highest BCUT2D eigenvalue weighted by Crippen LogP contribution is 2.30. The second-order valence-corrected chi connectivity index (χ2v) is 7.31. The Morgan fingerprint density at radius 3 is 2.71 bits per heavy atom. The van der Waals surface area contributed by atoms with E-state index in [0.29, 0.717) is 41.2 Å². The van der Waals surface area contributed by atoms with E-state index in [9.17, 15) is 14.4 Å². The minimum atomic E-state index is -0.340. The van der Waals surface area contributed by atoms with Crippen molar-refractivity contribution in [2.45, 2.75) is 0 Å². The van der Waals surface area contributed by atoms with Crippen LogP contribution >= 0.6 is 0 Å². The number of nitrogens with zero attached hydrogens (tertiary/aromatic N) is 3. The van der Waals surface area contributed by atoms with Crippen molar-refractivity contribution >= 4 is 34.4 Å². The largest absolute Gasteiger partial charge is 0.375 e. The molecule has 0 atom stereocenters. The van der Waals surface area contributed by atoms with Crippen LogP contribution in [0, 0.1) is 0 Å². The van der Waals surface area contributed by atoms with Gasteiger partial charge in [-0.15, -0.1) is 0 Å². The number of piperazine rings is 1. The molecule has 4 rings (SSSR count). The summed E-state index contributed by atoms with van der Waals surface area (Å²) in [6.45, 7) is 0.715. The maximum atomic E-state index is 13.1. The monoisotopic (exact) mass is 421 g/mol. The quantitative estimate of drug-likeness (QED) is 0.648. The fourth-order valence-corrected chi connectivity index (χ4v) is 3.73. The highest BCUT2D eigenvalue weighted by atomic mass is 16.5.